The molecule has 0 fully saturated rings. The van der Waals surface area contributed by atoms with Crippen molar-refractivity contribution in [3.63, 3.8) is 0 Å². The predicted molar refractivity (Wildman–Crippen MR) is 85.2 cm³/mol. The van der Waals surface area contributed by atoms with Crippen molar-refractivity contribution in [2.24, 2.45) is 0 Å². The zero-order chi connectivity index (χ0) is 14.5. The molecule has 102 valence electrons. The smallest absolute Gasteiger partial charge is 0.338 e. The van der Waals surface area contributed by atoms with E-state index in [4.69, 9.17) is 16.3 Å². The lowest BCUT2D eigenvalue weighted by Crippen LogP contribution is -2.14. The highest BCUT2D eigenvalue weighted by Crippen LogP contribution is 2.12. The molecule has 0 bridgehead atoms. The molecule has 0 unspecified atom stereocenters. The summed E-state index contributed by atoms with van der Waals surface area (Å²) in [5.74, 6) is -0.803. The first-order valence-electron chi connectivity index (χ1n) is 5.78. The van der Waals surface area contributed by atoms with Gasteiger partial charge in [-0.1, -0.05) is 29.8 Å². The van der Waals surface area contributed by atoms with Crippen LogP contribution < -0.4 is 0 Å². The number of ether oxygens (including phenoxy) is 1. The Hall–Kier alpha value is -1.40. The molecule has 0 saturated carbocycles. The monoisotopic (exact) mass is 400 g/mol. The van der Waals surface area contributed by atoms with E-state index in [-0.39, 0.29) is 12.4 Å². The van der Waals surface area contributed by atoms with Crippen molar-refractivity contribution < 1.29 is 14.3 Å². The van der Waals surface area contributed by atoms with Gasteiger partial charge in [-0.3, -0.25) is 4.79 Å². The van der Waals surface area contributed by atoms with Crippen molar-refractivity contribution in [3.05, 3.63) is 68.3 Å². The number of esters is 1. The molecular formula is C15H10ClIO3. The largest absolute Gasteiger partial charge is 0.454 e. The Morgan fingerprint density at radius 1 is 1.05 bits per heavy atom. The van der Waals surface area contributed by atoms with Crippen molar-refractivity contribution in [1.82, 2.24) is 0 Å². The Morgan fingerprint density at radius 3 is 2.40 bits per heavy atom. The Kier molecular flexibility index (Phi) is 5.14. The van der Waals surface area contributed by atoms with Crippen LogP contribution in [0.2, 0.25) is 5.02 Å². The van der Waals surface area contributed by atoms with Gasteiger partial charge in [-0.25, -0.2) is 4.79 Å². The number of carbonyl (C=O) groups excluding carboxylic acids is 2. The summed E-state index contributed by atoms with van der Waals surface area (Å²) in [6, 6.07) is 13.5. The molecule has 0 aliphatic carbocycles. The van der Waals surface area contributed by atoms with E-state index >= 15 is 0 Å². The van der Waals surface area contributed by atoms with Gasteiger partial charge in [0.05, 0.1) is 5.56 Å². The van der Waals surface area contributed by atoms with Crippen LogP contribution in [-0.2, 0) is 4.74 Å². The van der Waals surface area contributed by atoms with Crippen molar-refractivity contribution in [2.45, 2.75) is 0 Å². The summed E-state index contributed by atoms with van der Waals surface area (Å²) in [6.07, 6.45) is 0. The van der Waals surface area contributed by atoms with E-state index in [1.165, 1.54) is 6.07 Å². The highest BCUT2D eigenvalue weighted by atomic mass is 127. The molecule has 20 heavy (non-hydrogen) atoms. The number of carbonyl (C=O) groups is 2. The molecule has 0 radical (unpaired) electrons. The zero-order valence-electron chi connectivity index (χ0n) is 10.3. The molecule has 0 aromatic heterocycles. The standard InChI is InChI=1S/C15H10ClIO3/c16-12-3-1-2-11(8-12)15(19)20-9-14(18)10-4-6-13(17)7-5-10/h1-8H,9H2. The summed E-state index contributed by atoms with van der Waals surface area (Å²) in [4.78, 5) is 23.6. The van der Waals surface area contributed by atoms with Crippen LogP contribution in [-0.4, -0.2) is 18.4 Å². The number of hydrogen-bond donors (Lipinski definition) is 0. The number of ketones is 1. The Bertz CT molecular complexity index is 638. The zero-order valence-corrected chi connectivity index (χ0v) is 13.2. The minimum atomic E-state index is -0.564. The van der Waals surface area contributed by atoms with Gasteiger partial charge < -0.3 is 4.74 Å². The van der Waals surface area contributed by atoms with E-state index in [0.717, 1.165) is 3.57 Å². The summed E-state index contributed by atoms with van der Waals surface area (Å²) in [5.41, 5.74) is 0.845. The molecule has 3 nitrogen and oxygen atoms in total. The van der Waals surface area contributed by atoms with E-state index in [1.807, 2.05) is 12.1 Å². The first-order valence-corrected chi connectivity index (χ1v) is 7.23. The van der Waals surface area contributed by atoms with Crippen molar-refractivity contribution in [3.8, 4) is 0 Å². The summed E-state index contributed by atoms with van der Waals surface area (Å²) in [6.45, 7) is -0.286. The fourth-order valence-electron chi connectivity index (χ4n) is 1.55. The third-order valence-corrected chi connectivity index (χ3v) is 3.52. The van der Waals surface area contributed by atoms with E-state index in [0.29, 0.717) is 16.1 Å². The van der Waals surface area contributed by atoms with Gasteiger partial charge in [-0.2, -0.15) is 0 Å². The second-order valence-electron chi connectivity index (χ2n) is 4.02. The average Bonchev–Trinajstić information content (AvgIpc) is 2.45. The Labute approximate surface area is 135 Å². The summed E-state index contributed by atoms with van der Waals surface area (Å²) >= 11 is 7.94. The maximum Gasteiger partial charge on any atom is 0.338 e. The molecule has 2 aromatic rings. The third-order valence-electron chi connectivity index (χ3n) is 2.56. The number of rotatable bonds is 4. The molecule has 0 saturated heterocycles. The first-order chi connectivity index (χ1) is 9.56. The molecule has 0 spiro atoms. The maximum absolute atomic E-state index is 11.9. The fraction of sp³-hybridized carbons (Fsp3) is 0.0667. The van der Waals surface area contributed by atoms with Gasteiger partial charge in [0.15, 0.2) is 12.4 Å². The lowest BCUT2D eigenvalue weighted by molar-refractivity contribution is 0.0475. The minimum Gasteiger partial charge on any atom is -0.454 e. The highest BCUT2D eigenvalue weighted by Gasteiger charge is 2.12. The van der Waals surface area contributed by atoms with Gasteiger partial charge in [0.25, 0.3) is 0 Å². The van der Waals surface area contributed by atoms with E-state index in [2.05, 4.69) is 22.6 Å². The molecule has 0 heterocycles. The van der Waals surface area contributed by atoms with E-state index < -0.39 is 5.97 Å². The van der Waals surface area contributed by atoms with Crippen LogP contribution in [0.3, 0.4) is 0 Å². The molecule has 0 aliphatic rings. The predicted octanol–water partition coefficient (Wildman–Crippen LogP) is 3.98. The van der Waals surface area contributed by atoms with Crippen LogP contribution in [0.5, 0.6) is 0 Å². The maximum atomic E-state index is 11.9. The van der Waals surface area contributed by atoms with Crippen molar-refractivity contribution in [1.29, 1.82) is 0 Å². The molecule has 0 N–H and O–H groups in total. The SMILES string of the molecule is O=C(COC(=O)c1cccc(Cl)c1)c1ccc(I)cc1. The number of benzene rings is 2. The minimum absolute atomic E-state index is 0.239. The Balaban J connectivity index is 1.96. The first kappa shape index (κ1) is 15.0. The molecule has 2 rings (SSSR count). The lowest BCUT2D eigenvalue weighted by Gasteiger charge is -2.05. The average molecular weight is 401 g/mol. The molecule has 0 amide bonds. The van der Waals surface area contributed by atoms with Gasteiger partial charge in [-0.05, 0) is 52.9 Å². The number of halogens is 2. The van der Waals surface area contributed by atoms with Crippen molar-refractivity contribution in [2.75, 3.05) is 6.61 Å². The summed E-state index contributed by atoms with van der Waals surface area (Å²) in [5, 5.41) is 0.448. The van der Waals surface area contributed by atoms with Gasteiger partial charge >= 0.3 is 5.97 Å². The van der Waals surface area contributed by atoms with Gasteiger partial charge in [0, 0.05) is 14.2 Å². The lowest BCUT2D eigenvalue weighted by atomic mass is 10.1. The topological polar surface area (TPSA) is 43.4 Å². The van der Waals surface area contributed by atoms with E-state index in [1.54, 1.807) is 30.3 Å². The molecular weight excluding hydrogens is 391 g/mol. The van der Waals surface area contributed by atoms with Crippen LogP contribution in [0.4, 0.5) is 0 Å². The van der Waals surface area contributed by atoms with Crippen LogP contribution in [0.25, 0.3) is 0 Å². The molecule has 0 aliphatic heterocycles. The van der Waals surface area contributed by atoms with Crippen LogP contribution in [0, 0.1) is 3.57 Å². The normalized spacial score (nSPS) is 10.1. The Morgan fingerprint density at radius 2 is 1.75 bits per heavy atom. The third kappa shape index (κ3) is 4.05. The summed E-state index contributed by atoms with van der Waals surface area (Å²) in [7, 11) is 0. The second-order valence-corrected chi connectivity index (χ2v) is 5.70. The van der Waals surface area contributed by atoms with Gasteiger partial charge in [0.1, 0.15) is 0 Å². The molecule has 2 aromatic carbocycles. The molecule has 5 heteroatoms. The molecule has 0 atom stereocenters. The van der Waals surface area contributed by atoms with Crippen LogP contribution in [0.1, 0.15) is 20.7 Å². The number of hydrogen-bond acceptors (Lipinski definition) is 3. The highest BCUT2D eigenvalue weighted by molar-refractivity contribution is 14.1. The number of Topliss-reactive ketones (excluding diaryl/α,β-unsaturated/α-hetero) is 1. The fourth-order valence-corrected chi connectivity index (χ4v) is 2.10. The quantitative estimate of drug-likeness (QED) is 0.443. The van der Waals surface area contributed by atoms with Gasteiger partial charge in [0.2, 0.25) is 0 Å². The summed E-state index contributed by atoms with van der Waals surface area (Å²) < 4.78 is 6.02. The second kappa shape index (κ2) is 6.85. The van der Waals surface area contributed by atoms with Gasteiger partial charge in [-0.15, -0.1) is 0 Å². The van der Waals surface area contributed by atoms with Crippen LogP contribution >= 0.6 is 34.2 Å². The van der Waals surface area contributed by atoms with E-state index in [9.17, 15) is 9.59 Å². The van der Waals surface area contributed by atoms with Crippen molar-refractivity contribution >= 4 is 45.9 Å². The van der Waals surface area contributed by atoms with Crippen LogP contribution in [0.15, 0.2) is 48.5 Å².